The van der Waals surface area contributed by atoms with Crippen LogP contribution in [0.2, 0.25) is 0 Å². The summed E-state index contributed by atoms with van der Waals surface area (Å²) < 4.78 is 14.9. The Bertz CT molecular complexity index is 593. The molecule has 1 unspecified atom stereocenters. The topological polar surface area (TPSA) is 12.0 Å². The van der Waals surface area contributed by atoms with Crippen LogP contribution in [0.3, 0.4) is 0 Å². The van der Waals surface area contributed by atoms with Gasteiger partial charge in [0.1, 0.15) is 5.82 Å². The Kier molecular flexibility index (Phi) is 5.54. The van der Waals surface area contributed by atoms with E-state index >= 15 is 0 Å². The maximum atomic E-state index is 14.2. The van der Waals surface area contributed by atoms with Crippen LogP contribution in [0, 0.1) is 11.7 Å². The van der Waals surface area contributed by atoms with Gasteiger partial charge in [-0.2, -0.15) is 0 Å². The van der Waals surface area contributed by atoms with Crippen LogP contribution in [0.5, 0.6) is 0 Å². The lowest BCUT2D eigenvalue weighted by molar-refractivity contribution is 0.575. The van der Waals surface area contributed by atoms with E-state index < -0.39 is 0 Å². The predicted molar refractivity (Wildman–Crippen MR) is 90.0 cm³/mol. The van der Waals surface area contributed by atoms with Crippen molar-refractivity contribution in [1.29, 1.82) is 0 Å². The first kappa shape index (κ1) is 16.2. The minimum atomic E-state index is -0.199. The molecule has 0 saturated carbocycles. The van der Waals surface area contributed by atoms with E-state index in [1.807, 2.05) is 19.2 Å². The lowest BCUT2D eigenvalue weighted by atomic mass is 9.95. The number of nitrogens with one attached hydrogen (secondary N) is 1. The Morgan fingerprint density at radius 2 is 1.76 bits per heavy atom. The molecular formula is C18H21BrFN. The molecule has 1 atom stereocenters. The van der Waals surface area contributed by atoms with Crippen LogP contribution in [-0.4, -0.2) is 7.05 Å². The van der Waals surface area contributed by atoms with E-state index in [-0.39, 0.29) is 11.9 Å². The van der Waals surface area contributed by atoms with Gasteiger partial charge in [0.2, 0.25) is 0 Å². The van der Waals surface area contributed by atoms with Crippen molar-refractivity contribution in [3.05, 3.63) is 69.4 Å². The summed E-state index contributed by atoms with van der Waals surface area (Å²) in [5, 5.41) is 3.20. The molecule has 2 aromatic carbocycles. The van der Waals surface area contributed by atoms with Gasteiger partial charge in [-0.3, -0.25) is 0 Å². The highest BCUT2D eigenvalue weighted by Gasteiger charge is 2.16. The van der Waals surface area contributed by atoms with Gasteiger partial charge >= 0.3 is 0 Å². The normalized spacial score (nSPS) is 12.7. The lowest BCUT2D eigenvalue weighted by Gasteiger charge is -2.18. The second-order valence-electron chi connectivity index (χ2n) is 5.73. The zero-order chi connectivity index (χ0) is 15.4. The summed E-state index contributed by atoms with van der Waals surface area (Å²) in [4.78, 5) is 0. The van der Waals surface area contributed by atoms with E-state index in [0.717, 1.165) is 16.5 Å². The molecule has 0 aliphatic rings. The molecule has 2 aromatic rings. The van der Waals surface area contributed by atoms with Crippen molar-refractivity contribution in [2.24, 2.45) is 5.92 Å². The molecule has 0 aliphatic carbocycles. The fourth-order valence-electron chi connectivity index (χ4n) is 2.55. The summed E-state index contributed by atoms with van der Waals surface area (Å²) in [5.74, 6) is 0.440. The first-order chi connectivity index (χ1) is 10.0. The van der Waals surface area contributed by atoms with Crippen molar-refractivity contribution in [3.8, 4) is 0 Å². The van der Waals surface area contributed by atoms with Crippen LogP contribution >= 0.6 is 15.9 Å². The van der Waals surface area contributed by atoms with Crippen molar-refractivity contribution in [1.82, 2.24) is 5.32 Å². The van der Waals surface area contributed by atoms with Gasteiger partial charge < -0.3 is 5.32 Å². The molecule has 0 fully saturated rings. The summed E-state index contributed by atoms with van der Waals surface area (Å²) in [5.41, 5.74) is 3.06. The smallest absolute Gasteiger partial charge is 0.129 e. The van der Waals surface area contributed by atoms with Crippen LogP contribution in [0.15, 0.2) is 46.9 Å². The van der Waals surface area contributed by atoms with E-state index in [4.69, 9.17) is 0 Å². The molecule has 3 heteroatoms. The third-order valence-corrected chi connectivity index (χ3v) is 4.01. The second-order valence-corrected chi connectivity index (χ2v) is 6.64. The number of benzene rings is 2. The van der Waals surface area contributed by atoms with E-state index in [0.29, 0.717) is 11.5 Å². The average Bonchev–Trinajstić information content (AvgIpc) is 2.43. The molecule has 0 aromatic heterocycles. The maximum Gasteiger partial charge on any atom is 0.129 e. The van der Waals surface area contributed by atoms with E-state index in [2.05, 4.69) is 59.4 Å². The Morgan fingerprint density at radius 1 is 1.10 bits per heavy atom. The molecule has 1 nitrogen and oxygen atoms in total. The van der Waals surface area contributed by atoms with Crippen LogP contribution in [0.4, 0.5) is 4.39 Å². The number of rotatable bonds is 5. The predicted octanol–water partition coefficient (Wildman–Crippen LogP) is 5.10. The van der Waals surface area contributed by atoms with Gasteiger partial charge in [0.05, 0.1) is 6.04 Å². The van der Waals surface area contributed by atoms with Gasteiger partial charge in [-0.05, 0) is 42.6 Å². The Hall–Kier alpha value is -1.19. The summed E-state index contributed by atoms with van der Waals surface area (Å²) in [6.07, 6.45) is 1.07. The summed E-state index contributed by atoms with van der Waals surface area (Å²) in [6, 6.07) is 13.5. The molecule has 1 N–H and O–H groups in total. The highest BCUT2D eigenvalue weighted by Crippen LogP contribution is 2.26. The molecule has 0 radical (unpaired) electrons. The largest absolute Gasteiger partial charge is 0.309 e. The van der Waals surface area contributed by atoms with Crippen molar-refractivity contribution in [3.63, 3.8) is 0 Å². The summed E-state index contributed by atoms with van der Waals surface area (Å²) >= 11 is 3.30. The monoisotopic (exact) mass is 349 g/mol. The summed E-state index contributed by atoms with van der Waals surface area (Å²) in [7, 11) is 1.86. The van der Waals surface area contributed by atoms with Crippen molar-refractivity contribution >= 4 is 15.9 Å². The molecule has 0 saturated heterocycles. The average molecular weight is 350 g/mol. The Balaban J connectivity index is 2.28. The molecule has 0 heterocycles. The minimum absolute atomic E-state index is 0.133. The summed E-state index contributed by atoms with van der Waals surface area (Å²) in [6.45, 7) is 4.42. The van der Waals surface area contributed by atoms with Gasteiger partial charge in [0.25, 0.3) is 0 Å². The Morgan fingerprint density at radius 3 is 2.29 bits per heavy atom. The molecule has 0 aliphatic heterocycles. The zero-order valence-corrected chi connectivity index (χ0v) is 14.2. The quantitative estimate of drug-likeness (QED) is 0.792. The third-order valence-electron chi connectivity index (χ3n) is 3.52. The van der Waals surface area contributed by atoms with E-state index in [9.17, 15) is 4.39 Å². The molecule has 21 heavy (non-hydrogen) atoms. The minimum Gasteiger partial charge on any atom is -0.309 e. The van der Waals surface area contributed by atoms with E-state index in [1.54, 1.807) is 0 Å². The van der Waals surface area contributed by atoms with Crippen molar-refractivity contribution < 1.29 is 4.39 Å². The van der Waals surface area contributed by atoms with Crippen molar-refractivity contribution in [2.75, 3.05) is 7.05 Å². The van der Waals surface area contributed by atoms with Crippen LogP contribution in [0.1, 0.15) is 36.6 Å². The molecular weight excluding hydrogens is 329 g/mol. The molecule has 0 spiro atoms. The lowest BCUT2D eigenvalue weighted by Crippen LogP contribution is -2.19. The third kappa shape index (κ3) is 4.14. The Labute approximate surface area is 134 Å². The van der Waals surface area contributed by atoms with Crippen LogP contribution in [0.25, 0.3) is 0 Å². The van der Waals surface area contributed by atoms with Gasteiger partial charge in [0.15, 0.2) is 0 Å². The van der Waals surface area contributed by atoms with Crippen LogP contribution in [-0.2, 0) is 6.42 Å². The van der Waals surface area contributed by atoms with Gasteiger partial charge in [0, 0.05) is 10.0 Å². The van der Waals surface area contributed by atoms with E-state index in [1.165, 1.54) is 11.6 Å². The first-order valence-electron chi connectivity index (χ1n) is 7.22. The first-order valence-corrected chi connectivity index (χ1v) is 8.01. The molecule has 112 valence electrons. The number of hydrogen-bond donors (Lipinski definition) is 1. The van der Waals surface area contributed by atoms with Gasteiger partial charge in [-0.15, -0.1) is 0 Å². The second kappa shape index (κ2) is 7.19. The standard InChI is InChI=1S/C18H21BrFN/c1-12(2)10-13-4-6-14(7-5-13)18(21-3)16-9-8-15(19)11-17(16)20/h4-9,11-12,18,21H,10H2,1-3H3. The number of hydrogen-bond acceptors (Lipinski definition) is 1. The molecule has 0 amide bonds. The number of halogens is 2. The van der Waals surface area contributed by atoms with Crippen molar-refractivity contribution in [2.45, 2.75) is 26.3 Å². The molecule has 2 rings (SSSR count). The highest BCUT2D eigenvalue weighted by molar-refractivity contribution is 9.10. The van der Waals surface area contributed by atoms with Crippen LogP contribution < -0.4 is 5.32 Å². The van der Waals surface area contributed by atoms with Gasteiger partial charge in [-0.1, -0.05) is 60.1 Å². The SMILES string of the molecule is CNC(c1ccc(CC(C)C)cc1)c1ccc(Br)cc1F. The fraction of sp³-hybridized carbons (Fsp3) is 0.333. The zero-order valence-electron chi connectivity index (χ0n) is 12.7. The highest BCUT2D eigenvalue weighted by atomic mass is 79.9. The maximum absolute atomic E-state index is 14.2. The fourth-order valence-corrected chi connectivity index (χ4v) is 2.89. The van der Waals surface area contributed by atoms with Gasteiger partial charge in [-0.25, -0.2) is 4.39 Å². The molecule has 0 bridgehead atoms.